The van der Waals surface area contributed by atoms with Crippen LogP contribution in [0.1, 0.15) is 30.5 Å². The van der Waals surface area contributed by atoms with Gasteiger partial charge in [-0.3, -0.25) is 14.5 Å². The van der Waals surface area contributed by atoms with Crippen molar-refractivity contribution < 1.29 is 9.53 Å². The molecule has 2 atom stereocenters. The normalized spacial score (nSPS) is 26.2. The van der Waals surface area contributed by atoms with Crippen molar-refractivity contribution in [2.75, 3.05) is 39.3 Å². The highest BCUT2D eigenvalue weighted by Crippen LogP contribution is 2.45. The molecule has 2 aromatic heterocycles. The van der Waals surface area contributed by atoms with E-state index in [4.69, 9.17) is 4.74 Å². The van der Waals surface area contributed by atoms with Crippen LogP contribution in [0.4, 0.5) is 0 Å². The Bertz CT molecular complexity index is 896. The number of likely N-dealkylation sites (tertiary alicyclic amines) is 2. The zero-order chi connectivity index (χ0) is 21.3. The number of aromatic nitrogens is 3. The van der Waals surface area contributed by atoms with Crippen LogP contribution in [-0.2, 0) is 29.6 Å². The van der Waals surface area contributed by atoms with Crippen molar-refractivity contribution in [1.29, 1.82) is 0 Å². The monoisotopic (exact) mass is 423 g/mol. The number of aryl methyl sites for hydroxylation is 1. The van der Waals surface area contributed by atoms with Crippen LogP contribution in [0, 0.1) is 17.3 Å². The van der Waals surface area contributed by atoms with Gasteiger partial charge in [0.2, 0.25) is 5.91 Å². The summed E-state index contributed by atoms with van der Waals surface area (Å²) < 4.78 is 7.93. The highest BCUT2D eigenvalue weighted by Gasteiger charge is 2.51. The lowest BCUT2D eigenvalue weighted by atomic mass is 9.77. The zero-order valence-electron chi connectivity index (χ0n) is 18.4. The van der Waals surface area contributed by atoms with Gasteiger partial charge in [-0.25, -0.2) is 0 Å². The van der Waals surface area contributed by atoms with Crippen LogP contribution in [-0.4, -0.2) is 69.8 Å². The number of pyridine rings is 1. The Balaban J connectivity index is 1.22. The molecule has 2 aliphatic heterocycles. The van der Waals surface area contributed by atoms with Gasteiger partial charge in [0.25, 0.3) is 0 Å². The zero-order valence-corrected chi connectivity index (χ0v) is 18.4. The second-order valence-corrected chi connectivity index (χ2v) is 9.80. The van der Waals surface area contributed by atoms with Crippen LogP contribution in [0.2, 0.25) is 0 Å². The van der Waals surface area contributed by atoms with Gasteiger partial charge in [0, 0.05) is 69.7 Å². The minimum atomic E-state index is 0.156. The lowest BCUT2D eigenvalue weighted by Gasteiger charge is -2.30. The first-order valence-corrected chi connectivity index (χ1v) is 11.5. The highest BCUT2D eigenvalue weighted by molar-refractivity contribution is 5.78. The lowest BCUT2D eigenvalue weighted by Crippen LogP contribution is -2.38. The van der Waals surface area contributed by atoms with E-state index in [9.17, 15) is 4.79 Å². The number of ether oxygens (including phenoxy) is 1. The van der Waals surface area contributed by atoms with Crippen molar-refractivity contribution in [3.63, 3.8) is 0 Å². The first-order valence-electron chi connectivity index (χ1n) is 11.5. The first kappa shape index (κ1) is 20.6. The van der Waals surface area contributed by atoms with Crippen LogP contribution in [0.25, 0.3) is 0 Å². The molecule has 2 saturated heterocycles. The molecule has 2 aromatic rings. The molecule has 0 N–H and O–H groups in total. The molecule has 1 saturated carbocycles. The molecule has 4 heterocycles. The molecule has 166 valence electrons. The van der Waals surface area contributed by atoms with Crippen molar-refractivity contribution in [3.05, 3.63) is 48.0 Å². The maximum absolute atomic E-state index is 13.0. The average molecular weight is 424 g/mol. The van der Waals surface area contributed by atoms with Crippen molar-refractivity contribution in [2.24, 2.45) is 24.3 Å². The van der Waals surface area contributed by atoms with Crippen LogP contribution in [0.3, 0.4) is 0 Å². The topological polar surface area (TPSA) is 63.5 Å². The average Bonchev–Trinajstić information content (AvgIpc) is 3.17. The van der Waals surface area contributed by atoms with E-state index in [-0.39, 0.29) is 11.3 Å². The van der Waals surface area contributed by atoms with Gasteiger partial charge >= 0.3 is 0 Å². The molecule has 5 rings (SSSR count). The van der Waals surface area contributed by atoms with Gasteiger partial charge in [-0.2, -0.15) is 5.10 Å². The maximum atomic E-state index is 13.0. The Morgan fingerprint density at radius 1 is 1.29 bits per heavy atom. The lowest BCUT2D eigenvalue weighted by molar-refractivity contribution is -0.130. The highest BCUT2D eigenvalue weighted by atomic mass is 16.5. The predicted molar refractivity (Wildman–Crippen MR) is 117 cm³/mol. The first-order chi connectivity index (χ1) is 15.1. The number of carbonyl (C=O) groups is 1. The van der Waals surface area contributed by atoms with Gasteiger partial charge in [0.05, 0.1) is 25.3 Å². The van der Waals surface area contributed by atoms with Crippen molar-refractivity contribution in [2.45, 2.75) is 32.3 Å². The molecule has 0 radical (unpaired) electrons. The summed E-state index contributed by atoms with van der Waals surface area (Å²) >= 11 is 0. The number of carbonyl (C=O) groups excluding carboxylic acids is 1. The van der Waals surface area contributed by atoms with E-state index in [1.54, 1.807) is 10.9 Å². The Kier molecular flexibility index (Phi) is 5.80. The molecule has 1 spiro atoms. The quantitative estimate of drug-likeness (QED) is 0.651. The van der Waals surface area contributed by atoms with Gasteiger partial charge in [-0.15, -0.1) is 0 Å². The molecule has 0 unspecified atom stereocenters. The maximum Gasteiger partial charge on any atom is 0.228 e. The SMILES string of the molecule is Cn1ccc(CC(=O)N2CC[C@@]3(CN(CC4CC4)C[C@@H]3COCc3cccnc3)C2)n1. The molecule has 1 amide bonds. The van der Waals surface area contributed by atoms with Crippen LogP contribution < -0.4 is 0 Å². The molecule has 7 heteroatoms. The van der Waals surface area contributed by atoms with E-state index >= 15 is 0 Å². The summed E-state index contributed by atoms with van der Waals surface area (Å²) in [6.45, 7) is 6.44. The van der Waals surface area contributed by atoms with E-state index in [0.717, 1.165) is 56.4 Å². The van der Waals surface area contributed by atoms with E-state index in [0.29, 0.717) is 18.9 Å². The van der Waals surface area contributed by atoms with E-state index in [2.05, 4.69) is 25.9 Å². The largest absolute Gasteiger partial charge is 0.376 e. The molecule has 3 fully saturated rings. The van der Waals surface area contributed by atoms with Crippen LogP contribution >= 0.6 is 0 Å². The minimum Gasteiger partial charge on any atom is -0.376 e. The number of amides is 1. The standard InChI is InChI=1S/C24H33N5O2/c1-27-9-6-22(26-27)11-23(30)29-10-7-24(18-29)17-28(13-19-4-5-19)14-21(24)16-31-15-20-3-2-8-25-12-20/h2-3,6,8-9,12,19,21H,4-5,7,10-11,13-18H2,1H3/t21-,24-/m1/s1. The van der Waals surface area contributed by atoms with Crippen molar-refractivity contribution >= 4 is 5.91 Å². The fourth-order valence-electron chi connectivity index (χ4n) is 5.38. The van der Waals surface area contributed by atoms with Gasteiger partial charge in [0.1, 0.15) is 0 Å². The van der Waals surface area contributed by atoms with E-state index in [1.165, 1.54) is 19.4 Å². The van der Waals surface area contributed by atoms with Gasteiger partial charge < -0.3 is 14.5 Å². The molecule has 1 aliphatic carbocycles. The molecule has 3 aliphatic rings. The summed E-state index contributed by atoms with van der Waals surface area (Å²) in [5, 5.41) is 4.38. The van der Waals surface area contributed by atoms with Gasteiger partial charge in [-0.1, -0.05) is 6.07 Å². The molecule has 0 bridgehead atoms. The fraction of sp³-hybridized carbons (Fsp3) is 0.625. The Morgan fingerprint density at radius 2 is 2.19 bits per heavy atom. The third kappa shape index (κ3) is 4.83. The second-order valence-electron chi connectivity index (χ2n) is 9.80. The summed E-state index contributed by atoms with van der Waals surface area (Å²) in [6.07, 6.45) is 9.78. The summed E-state index contributed by atoms with van der Waals surface area (Å²) in [6, 6.07) is 5.95. The summed E-state index contributed by atoms with van der Waals surface area (Å²) in [4.78, 5) is 21.9. The molecule has 31 heavy (non-hydrogen) atoms. The molecular formula is C24H33N5O2. The fourth-order valence-corrected chi connectivity index (χ4v) is 5.38. The summed E-state index contributed by atoms with van der Waals surface area (Å²) in [5.74, 6) is 1.55. The molecule has 0 aromatic carbocycles. The number of hydrogen-bond donors (Lipinski definition) is 0. The van der Waals surface area contributed by atoms with Gasteiger partial charge in [-0.05, 0) is 42.9 Å². The molecule has 7 nitrogen and oxygen atoms in total. The smallest absolute Gasteiger partial charge is 0.228 e. The van der Waals surface area contributed by atoms with Crippen LogP contribution in [0.5, 0.6) is 0 Å². The van der Waals surface area contributed by atoms with Crippen molar-refractivity contribution in [1.82, 2.24) is 24.6 Å². The Morgan fingerprint density at radius 3 is 2.94 bits per heavy atom. The van der Waals surface area contributed by atoms with E-state index in [1.807, 2.05) is 31.6 Å². The summed E-state index contributed by atoms with van der Waals surface area (Å²) in [5.41, 5.74) is 2.12. The van der Waals surface area contributed by atoms with Crippen LogP contribution in [0.15, 0.2) is 36.8 Å². The Labute approximate surface area is 184 Å². The third-order valence-corrected chi connectivity index (χ3v) is 7.25. The van der Waals surface area contributed by atoms with Gasteiger partial charge in [0.15, 0.2) is 0 Å². The summed E-state index contributed by atoms with van der Waals surface area (Å²) in [7, 11) is 1.89. The number of rotatable bonds is 8. The van der Waals surface area contributed by atoms with E-state index < -0.39 is 0 Å². The second kappa shape index (κ2) is 8.71. The third-order valence-electron chi connectivity index (χ3n) is 7.25. The number of hydrogen-bond acceptors (Lipinski definition) is 5. The van der Waals surface area contributed by atoms with Crippen molar-refractivity contribution in [3.8, 4) is 0 Å². The number of nitrogens with zero attached hydrogens (tertiary/aromatic N) is 5. The predicted octanol–water partition coefficient (Wildman–Crippen LogP) is 2.13. The minimum absolute atomic E-state index is 0.156. The molecular weight excluding hydrogens is 390 g/mol. The Hall–Kier alpha value is -2.25.